The van der Waals surface area contributed by atoms with Gasteiger partial charge in [-0.2, -0.15) is 4.31 Å². The van der Waals surface area contributed by atoms with Crippen LogP contribution in [0.5, 0.6) is 0 Å². The lowest BCUT2D eigenvalue weighted by molar-refractivity contribution is -0.158. The predicted molar refractivity (Wildman–Crippen MR) is 132 cm³/mol. The summed E-state index contributed by atoms with van der Waals surface area (Å²) in [6.07, 6.45) is 3.40. The second-order valence-electron chi connectivity index (χ2n) is 8.79. The summed E-state index contributed by atoms with van der Waals surface area (Å²) in [5.41, 5.74) is 3.29. The molecule has 7 nitrogen and oxygen atoms in total. The average molecular weight is 488 g/mol. The summed E-state index contributed by atoms with van der Waals surface area (Å²) < 4.78 is 27.5. The van der Waals surface area contributed by atoms with Crippen molar-refractivity contribution >= 4 is 15.9 Å². The number of aliphatic hydroxyl groups excluding tert-OH is 1. The molecule has 2 saturated heterocycles. The molecule has 1 N–H and O–H groups in total. The van der Waals surface area contributed by atoms with Gasteiger partial charge < -0.3 is 10.0 Å². The highest BCUT2D eigenvalue weighted by Crippen LogP contribution is 2.43. The highest BCUT2D eigenvalue weighted by molar-refractivity contribution is 7.88. The monoisotopic (exact) mass is 487 g/mol. The molecule has 2 fully saturated rings. The molecule has 3 heterocycles. The van der Waals surface area contributed by atoms with Crippen molar-refractivity contribution in [3.8, 4) is 11.8 Å². The fourth-order valence-corrected chi connectivity index (χ4v) is 6.41. The van der Waals surface area contributed by atoms with Gasteiger partial charge in [0.25, 0.3) is 0 Å². The molecular formula is C27H25N3O4S. The molecule has 1 aromatic heterocycles. The fourth-order valence-electron chi connectivity index (χ4n) is 4.93. The molecule has 3 atom stereocenters. The summed E-state index contributed by atoms with van der Waals surface area (Å²) in [5, 5.41) is 10.0. The first-order valence-electron chi connectivity index (χ1n) is 11.4. The van der Waals surface area contributed by atoms with E-state index < -0.39 is 10.0 Å². The standard InChI is InChI=1S/C27H25N3O4S/c31-18-25-27(23-12-10-20(11-13-23)8-9-21-7-4-14-28-15-21)24-16-29(17-26(32)30(24)25)35(33,34)19-22-5-2-1-3-6-22/h1-7,10-15,24-25,27,31H,16-19H2/t24-,25-,27-/m1/s1. The summed E-state index contributed by atoms with van der Waals surface area (Å²) in [7, 11) is -3.66. The molecule has 0 aliphatic carbocycles. The van der Waals surface area contributed by atoms with Crippen molar-refractivity contribution in [3.05, 3.63) is 101 Å². The van der Waals surface area contributed by atoms with E-state index in [-0.39, 0.29) is 49.4 Å². The smallest absolute Gasteiger partial charge is 0.238 e. The molecule has 2 aromatic carbocycles. The molecule has 0 spiro atoms. The molecule has 2 aliphatic rings. The molecule has 0 radical (unpaired) electrons. The van der Waals surface area contributed by atoms with Gasteiger partial charge in [-0.25, -0.2) is 8.42 Å². The number of hydrogen-bond donors (Lipinski definition) is 1. The summed E-state index contributed by atoms with van der Waals surface area (Å²) in [5.74, 6) is 5.61. The number of benzene rings is 2. The van der Waals surface area contributed by atoms with Crippen LogP contribution in [0.4, 0.5) is 0 Å². The number of sulfonamides is 1. The van der Waals surface area contributed by atoms with Gasteiger partial charge >= 0.3 is 0 Å². The Kier molecular flexibility index (Phi) is 6.39. The molecule has 1 amide bonds. The molecule has 5 rings (SSSR count). The van der Waals surface area contributed by atoms with Gasteiger partial charge in [-0.05, 0) is 35.4 Å². The van der Waals surface area contributed by atoms with Gasteiger partial charge in [0.1, 0.15) is 0 Å². The molecule has 0 unspecified atom stereocenters. The van der Waals surface area contributed by atoms with Gasteiger partial charge in [-0.3, -0.25) is 9.78 Å². The Bertz CT molecular complexity index is 1370. The van der Waals surface area contributed by atoms with Crippen LogP contribution in [0, 0.1) is 11.8 Å². The second-order valence-corrected chi connectivity index (χ2v) is 10.8. The summed E-state index contributed by atoms with van der Waals surface area (Å²) >= 11 is 0. The van der Waals surface area contributed by atoms with Crippen LogP contribution < -0.4 is 0 Å². The third-order valence-electron chi connectivity index (χ3n) is 6.61. The Hall–Kier alpha value is -3.51. The Balaban J connectivity index is 1.34. The van der Waals surface area contributed by atoms with E-state index in [0.29, 0.717) is 5.56 Å². The Labute approximate surface area is 205 Å². The van der Waals surface area contributed by atoms with Crippen molar-refractivity contribution in [2.45, 2.75) is 23.8 Å². The van der Waals surface area contributed by atoms with Crippen molar-refractivity contribution in [2.75, 3.05) is 19.7 Å². The SMILES string of the molecule is O=C1CN(S(=O)(=O)Cc2ccccc2)C[C@@H]2[C@@H](c3ccc(C#Cc4cccnc4)cc3)[C@@H](CO)N12. The van der Waals surface area contributed by atoms with Crippen LogP contribution in [0.15, 0.2) is 79.1 Å². The number of carbonyl (C=O) groups excluding carboxylic acids is 1. The number of piperazine rings is 1. The first kappa shape index (κ1) is 23.2. The van der Waals surface area contributed by atoms with E-state index in [0.717, 1.165) is 16.7 Å². The number of fused-ring (bicyclic) bond motifs is 1. The van der Waals surface area contributed by atoms with E-state index >= 15 is 0 Å². The maximum Gasteiger partial charge on any atom is 0.238 e. The molecule has 3 aromatic rings. The lowest BCUT2D eigenvalue weighted by Gasteiger charge is -2.58. The maximum atomic E-state index is 13.1. The minimum Gasteiger partial charge on any atom is -0.394 e. The van der Waals surface area contributed by atoms with E-state index in [1.54, 1.807) is 41.6 Å². The second kappa shape index (κ2) is 9.62. The molecule has 0 bridgehead atoms. The van der Waals surface area contributed by atoms with Crippen molar-refractivity contribution in [1.29, 1.82) is 0 Å². The number of aliphatic hydroxyl groups is 1. The summed E-state index contributed by atoms with van der Waals surface area (Å²) in [6.45, 7) is -0.158. The van der Waals surface area contributed by atoms with Crippen LogP contribution in [0.2, 0.25) is 0 Å². The number of nitrogens with zero attached hydrogens (tertiary/aromatic N) is 3. The third kappa shape index (κ3) is 4.71. The lowest BCUT2D eigenvalue weighted by Crippen LogP contribution is -2.73. The van der Waals surface area contributed by atoms with Crippen molar-refractivity contribution in [2.24, 2.45) is 0 Å². The van der Waals surface area contributed by atoms with E-state index in [1.807, 2.05) is 42.5 Å². The predicted octanol–water partition coefficient (Wildman–Crippen LogP) is 1.98. The minimum absolute atomic E-state index is 0.147. The molecule has 2 aliphatic heterocycles. The minimum atomic E-state index is -3.66. The highest BCUT2D eigenvalue weighted by atomic mass is 32.2. The van der Waals surface area contributed by atoms with Crippen molar-refractivity contribution < 1.29 is 18.3 Å². The Morgan fingerprint density at radius 1 is 0.971 bits per heavy atom. The molecule has 35 heavy (non-hydrogen) atoms. The van der Waals surface area contributed by atoms with E-state index in [2.05, 4.69) is 16.8 Å². The number of aromatic nitrogens is 1. The molecule has 178 valence electrons. The maximum absolute atomic E-state index is 13.1. The molecular weight excluding hydrogens is 462 g/mol. The van der Waals surface area contributed by atoms with Crippen LogP contribution in [0.25, 0.3) is 0 Å². The van der Waals surface area contributed by atoms with Crippen LogP contribution in [0.1, 0.15) is 28.2 Å². The topological polar surface area (TPSA) is 90.8 Å². The normalized spacial score (nSPS) is 22.0. The number of pyridine rings is 1. The van der Waals surface area contributed by atoms with Gasteiger partial charge in [0.05, 0.1) is 31.0 Å². The van der Waals surface area contributed by atoms with Gasteiger partial charge in [-0.1, -0.05) is 54.3 Å². The van der Waals surface area contributed by atoms with Crippen LogP contribution in [0.3, 0.4) is 0 Å². The number of hydrogen-bond acceptors (Lipinski definition) is 5. The average Bonchev–Trinajstić information content (AvgIpc) is 2.85. The third-order valence-corrected chi connectivity index (χ3v) is 8.38. The summed E-state index contributed by atoms with van der Waals surface area (Å²) in [6, 6.07) is 19.7. The first-order chi connectivity index (χ1) is 17.0. The summed E-state index contributed by atoms with van der Waals surface area (Å²) in [4.78, 5) is 18.6. The molecule has 0 saturated carbocycles. The largest absolute Gasteiger partial charge is 0.394 e. The van der Waals surface area contributed by atoms with Crippen molar-refractivity contribution in [1.82, 2.24) is 14.2 Å². The zero-order chi connectivity index (χ0) is 24.4. The quantitative estimate of drug-likeness (QED) is 0.556. The number of carbonyl (C=O) groups is 1. The Morgan fingerprint density at radius 2 is 1.71 bits per heavy atom. The molecule has 8 heteroatoms. The fraction of sp³-hybridized carbons (Fsp3) is 0.259. The van der Waals surface area contributed by atoms with E-state index in [9.17, 15) is 18.3 Å². The Morgan fingerprint density at radius 3 is 2.40 bits per heavy atom. The van der Waals surface area contributed by atoms with Crippen molar-refractivity contribution in [3.63, 3.8) is 0 Å². The van der Waals surface area contributed by atoms with Crippen LogP contribution in [-0.2, 0) is 20.6 Å². The van der Waals surface area contributed by atoms with Gasteiger partial charge in [0.15, 0.2) is 0 Å². The zero-order valence-electron chi connectivity index (χ0n) is 19.0. The number of amides is 1. The van der Waals surface area contributed by atoms with E-state index in [4.69, 9.17) is 0 Å². The van der Waals surface area contributed by atoms with Gasteiger partial charge in [0.2, 0.25) is 15.9 Å². The lowest BCUT2D eigenvalue weighted by atomic mass is 9.74. The van der Waals surface area contributed by atoms with Crippen LogP contribution >= 0.6 is 0 Å². The van der Waals surface area contributed by atoms with Crippen LogP contribution in [-0.4, -0.2) is 65.4 Å². The first-order valence-corrected chi connectivity index (χ1v) is 13.0. The van der Waals surface area contributed by atoms with E-state index in [1.165, 1.54) is 4.31 Å². The van der Waals surface area contributed by atoms with Gasteiger partial charge in [-0.15, -0.1) is 0 Å². The van der Waals surface area contributed by atoms with Gasteiger partial charge in [0, 0.05) is 36.0 Å². The zero-order valence-corrected chi connectivity index (χ0v) is 19.8. The highest BCUT2D eigenvalue weighted by Gasteiger charge is 2.55. The number of rotatable bonds is 5.